The smallest absolute Gasteiger partial charge is 0.322 e. The lowest BCUT2D eigenvalue weighted by Crippen LogP contribution is -2.34. The Kier molecular flexibility index (Phi) is 5.66. The Morgan fingerprint density at radius 3 is 2.69 bits per heavy atom. The van der Waals surface area contributed by atoms with Crippen molar-refractivity contribution in [3.63, 3.8) is 0 Å². The van der Waals surface area contributed by atoms with Crippen LogP contribution in [0, 0.1) is 6.92 Å². The fourth-order valence-corrected chi connectivity index (χ4v) is 3.42. The second-order valence-electron chi connectivity index (χ2n) is 6.49. The minimum atomic E-state index is -0.0923. The molecule has 1 fully saturated rings. The summed E-state index contributed by atoms with van der Waals surface area (Å²) in [7, 11) is 1.61. The largest absolute Gasteiger partial charge is 0.495 e. The molecule has 1 aliphatic rings. The first-order valence-electron chi connectivity index (χ1n) is 9.07. The summed E-state index contributed by atoms with van der Waals surface area (Å²) >= 11 is 0. The molecule has 2 amide bonds. The average molecular weight is 354 g/mol. The number of aryl methyl sites for hydroxylation is 1. The standard InChI is InChI=1S/C21H26N2O3/c1-4-26-17-10-8-16(9-11-17)19-6-5-13-23(19)21(24)22-18-14-15(2)7-12-20(18)25-3/h7-12,14,19H,4-6,13H2,1-3H3,(H,22,24). The van der Waals surface area contributed by atoms with Crippen LogP contribution < -0.4 is 14.8 Å². The first-order chi connectivity index (χ1) is 12.6. The molecular formula is C21H26N2O3. The van der Waals surface area contributed by atoms with E-state index in [9.17, 15) is 4.79 Å². The molecule has 0 radical (unpaired) electrons. The summed E-state index contributed by atoms with van der Waals surface area (Å²) in [5, 5.41) is 3.01. The number of urea groups is 1. The summed E-state index contributed by atoms with van der Waals surface area (Å²) in [6.45, 7) is 5.36. The second kappa shape index (κ2) is 8.13. The molecule has 5 heteroatoms. The van der Waals surface area contributed by atoms with E-state index in [1.54, 1.807) is 7.11 Å². The summed E-state index contributed by atoms with van der Waals surface area (Å²) in [6, 6.07) is 13.8. The van der Waals surface area contributed by atoms with E-state index >= 15 is 0 Å². The molecular weight excluding hydrogens is 328 g/mol. The molecule has 0 bridgehead atoms. The Labute approximate surface area is 154 Å². The number of amides is 2. The van der Waals surface area contributed by atoms with Crippen molar-refractivity contribution in [1.29, 1.82) is 0 Å². The zero-order valence-electron chi connectivity index (χ0n) is 15.6. The quantitative estimate of drug-likeness (QED) is 0.841. The van der Waals surface area contributed by atoms with Crippen LogP contribution in [0.1, 0.15) is 36.9 Å². The number of hydrogen-bond donors (Lipinski definition) is 1. The van der Waals surface area contributed by atoms with E-state index < -0.39 is 0 Å². The monoisotopic (exact) mass is 354 g/mol. The van der Waals surface area contributed by atoms with Crippen molar-refractivity contribution in [2.24, 2.45) is 0 Å². The summed E-state index contributed by atoms with van der Waals surface area (Å²) in [4.78, 5) is 14.8. The van der Waals surface area contributed by atoms with E-state index in [4.69, 9.17) is 9.47 Å². The van der Waals surface area contributed by atoms with Crippen LogP contribution >= 0.6 is 0 Å². The van der Waals surface area contributed by atoms with E-state index in [-0.39, 0.29) is 12.1 Å². The number of anilines is 1. The average Bonchev–Trinajstić information content (AvgIpc) is 3.13. The third-order valence-electron chi connectivity index (χ3n) is 4.69. The highest BCUT2D eigenvalue weighted by molar-refractivity contribution is 5.91. The van der Waals surface area contributed by atoms with Gasteiger partial charge in [-0.3, -0.25) is 0 Å². The number of methoxy groups -OCH3 is 1. The number of ether oxygens (including phenoxy) is 2. The topological polar surface area (TPSA) is 50.8 Å². The molecule has 26 heavy (non-hydrogen) atoms. The Morgan fingerprint density at radius 1 is 1.23 bits per heavy atom. The van der Waals surface area contributed by atoms with Crippen LogP contribution in [-0.2, 0) is 0 Å². The lowest BCUT2D eigenvalue weighted by atomic mass is 10.0. The van der Waals surface area contributed by atoms with Crippen LogP contribution in [0.15, 0.2) is 42.5 Å². The molecule has 1 heterocycles. The number of benzene rings is 2. The predicted octanol–water partition coefficient (Wildman–Crippen LogP) is 4.77. The number of hydrogen-bond acceptors (Lipinski definition) is 3. The van der Waals surface area contributed by atoms with Gasteiger partial charge in [-0.15, -0.1) is 0 Å². The van der Waals surface area contributed by atoms with Gasteiger partial charge in [0.1, 0.15) is 11.5 Å². The van der Waals surface area contributed by atoms with Gasteiger partial charge in [-0.2, -0.15) is 0 Å². The predicted molar refractivity (Wildman–Crippen MR) is 103 cm³/mol. The molecule has 0 saturated carbocycles. The van der Waals surface area contributed by atoms with Crippen molar-refractivity contribution in [2.45, 2.75) is 32.7 Å². The van der Waals surface area contributed by atoms with Crippen molar-refractivity contribution in [3.8, 4) is 11.5 Å². The van der Waals surface area contributed by atoms with Gasteiger partial charge in [-0.1, -0.05) is 18.2 Å². The first kappa shape index (κ1) is 18.1. The second-order valence-corrected chi connectivity index (χ2v) is 6.49. The normalized spacial score (nSPS) is 16.4. The Balaban J connectivity index is 1.75. The molecule has 1 N–H and O–H groups in total. The van der Waals surface area contributed by atoms with E-state index in [1.807, 2.05) is 49.1 Å². The van der Waals surface area contributed by atoms with E-state index in [0.717, 1.165) is 36.3 Å². The van der Waals surface area contributed by atoms with E-state index in [1.165, 1.54) is 0 Å². The minimum absolute atomic E-state index is 0.0847. The number of rotatable bonds is 5. The zero-order valence-corrected chi connectivity index (χ0v) is 15.6. The maximum atomic E-state index is 12.9. The van der Waals surface area contributed by atoms with Gasteiger partial charge < -0.3 is 19.7 Å². The lowest BCUT2D eigenvalue weighted by molar-refractivity contribution is 0.207. The third kappa shape index (κ3) is 3.93. The first-order valence-corrected chi connectivity index (χ1v) is 9.07. The number of nitrogens with one attached hydrogen (secondary N) is 1. The molecule has 1 saturated heterocycles. The Bertz CT molecular complexity index is 758. The molecule has 3 rings (SSSR count). The molecule has 0 aromatic heterocycles. The van der Waals surface area contributed by atoms with Crippen LogP contribution in [0.25, 0.3) is 0 Å². The maximum absolute atomic E-state index is 12.9. The van der Waals surface area contributed by atoms with Crippen molar-refractivity contribution >= 4 is 11.7 Å². The highest BCUT2D eigenvalue weighted by Gasteiger charge is 2.30. The van der Waals surface area contributed by atoms with Gasteiger partial charge in [-0.25, -0.2) is 4.79 Å². The molecule has 1 unspecified atom stereocenters. The van der Waals surface area contributed by atoms with Crippen LogP contribution in [-0.4, -0.2) is 31.2 Å². The maximum Gasteiger partial charge on any atom is 0.322 e. The summed E-state index contributed by atoms with van der Waals surface area (Å²) in [5.41, 5.74) is 2.91. The number of carbonyl (C=O) groups excluding carboxylic acids is 1. The lowest BCUT2D eigenvalue weighted by Gasteiger charge is -2.26. The number of likely N-dealkylation sites (tertiary alicyclic amines) is 1. The summed E-state index contributed by atoms with van der Waals surface area (Å²) in [6.07, 6.45) is 1.96. The van der Waals surface area contributed by atoms with Crippen molar-refractivity contribution < 1.29 is 14.3 Å². The molecule has 0 aliphatic carbocycles. The summed E-state index contributed by atoms with van der Waals surface area (Å²) < 4.78 is 10.9. The highest BCUT2D eigenvalue weighted by Crippen LogP contribution is 2.34. The third-order valence-corrected chi connectivity index (χ3v) is 4.69. The molecule has 138 valence electrons. The molecule has 2 aromatic rings. The highest BCUT2D eigenvalue weighted by atomic mass is 16.5. The van der Waals surface area contributed by atoms with E-state index in [2.05, 4.69) is 17.4 Å². The van der Waals surface area contributed by atoms with Crippen LogP contribution in [0.4, 0.5) is 10.5 Å². The number of nitrogens with zero attached hydrogens (tertiary/aromatic N) is 1. The van der Waals surface area contributed by atoms with Gasteiger partial charge in [-0.05, 0) is 62.1 Å². The molecule has 2 aromatic carbocycles. The van der Waals surface area contributed by atoms with Gasteiger partial charge in [0, 0.05) is 6.54 Å². The molecule has 5 nitrogen and oxygen atoms in total. The summed E-state index contributed by atoms with van der Waals surface area (Å²) in [5.74, 6) is 1.52. The van der Waals surface area contributed by atoms with Crippen molar-refractivity contribution in [2.75, 3.05) is 25.6 Å². The fraction of sp³-hybridized carbons (Fsp3) is 0.381. The SMILES string of the molecule is CCOc1ccc(C2CCCN2C(=O)Nc2cc(C)ccc2OC)cc1. The van der Waals surface area contributed by atoms with Crippen LogP contribution in [0.2, 0.25) is 0 Å². The van der Waals surface area contributed by atoms with E-state index in [0.29, 0.717) is 18.0 Å². The fourth-order valence-electron chi connectivity index (χ4n) is 3.42. The van der Waals surface area contributed by atoms with Gasteiger partial charge in [0.25, 0.3) is 0 Å². The van der Waals surface area contributed by atoms with Gasteiger partial charge >= 0.3 is 6.03 Å². The van der Waals surface area contributed by atoms with Gasteiger partial charge in [0.05, 0.1) is 25.4 Å². The number of carbonyl (C=O) groups is 1. The van der Waals surface area contributed by atoms with Crippen LogP contribution in [0.3, 0.4) is 0 Å². The molecule has 1 aliphatic heterocycles. The molecule has 1 atom stereocenters. The van der Waals surface area contributed by atoms with Crippen LogP contribution in [0.5, 0.6) is 11.5 Å². The van der Waals surface area contributed by atoms with Crippen molar-refractivity contribution in [1.82, 2.24) is 4.90 Å². The van der Waals surface area contributed by atoms with Crippen molar-refractivity contribution in [3.05, 3.63) is 53.6 Å². The zero-order chi connectivity index (χ0) is 18.5. The van der Waals surface area contributed by atoms with Gasteiger partial charge in [0.15, 0.2) is 0 Å². The molecule has 0 spiro atoms. The van der Waals surface area contributed by atoms with Gasteiger partial charge in [0.2, 0.25) is 0 Å². The minimum Gasteiger partial charge on any atom is -0.495 e. The Morgan fingerprint density at radius 2 is 2.00 bits per heavy atom. The Hall–Kier alpha value is -2.69.